The summed E-state index contributed by atoms with van der Waals surface area (Å²) in [6.07, 6.45) is 7.39. The summed E-state index contributed by atoms with van der Waals surface area (Å²) in [5.74, 6) is 2.81. The quantitative estimate of drug-likeness (QED) is 0.123. The van der Waals surface area contributed by atoms with E-state index in [-0.39, 0.29) is 35.9 Å². The molecule has 16 nitrogen and oxygen atoms in total. The molecule has 326 valence electrons. The molecular weight excluding hydrogens is 821 g/mol. The lowest BCUT2D eigenvalue weighted by Crippen LogP contribution is -2.43. The number of rotatable bonds is 11. The van der Waals surface area contributed by atoms with Gasteiger partial charge in [0.1, 0.15) is 58.6 Å². The minimum atomic E-state index is -0.193. The van der Waals surface area contributed by atoms with Crippen LogP contribution in [0.5, 0.6) is 23.0 Å². The van der Waals surface area contributed by atoms with Gasteiger partial charge < -0.3 is 29.6 Å². The third-order valence-corrected chi connectivity index (χ3v) is 12.1. The molecule has 0 spiro atoms. The second kappa shape index (κ2) is 17.6. The Morgan fingerprint density at radius 3 is 1.75 bits per heavy atom. The molecule has 8 aromatic rings. The van der Waals surface area contributed by atoms with Crippen molar-refractivity contribution in [1.29, 1.82) is 5.41 Å². The Morgan fingerprint density at radius 2 is 1.18 bits per heavy atom. The molecule has 4 aromatic carbocycles. The number of anilines is 1. The van der Waals surface area contributed by atoms with Crippen LogP contribution < -0.4 is 20.7 Å². The number of hydrogen-bond donors (Lipinski definition) is 2. The second-order valence-corrected chi connectivity index (χ2v) is 16.3. The first-order valence-corrected chi connectivity index (χ1v) is 21.7. The number of likely N-dealkylation sites (tertiary alicyclic amines) is 2. The van der Waals surface area contributed by atoms with Crippen LogP contribution in [0, 0.1) is 5.41 Å². The smallest absolute Gasteiger partial charge is 0.246 e. The van der Waals surface area contributed by atoms with Crippen LogP contribution in [0.2, 0.25) is 0 Å². The summed E-state index contributed by atoms with van der Waals surface area (Å²) in [5.41, 5.74) is 10.5. The van der Waals surface area contributed by atoms with Gasteiger partial charge >= 0.3 is 0 Å². The predicted octanol–water partition coefficient (Wildman–Crippen LogP) is 7.57. The lowest BCUT2D eigenvalue weighted by molar-refractivity contribution is -0.133. The van der Waals surface area contributed by atoms with Crippen molar-refractivity contribution in [1.82, 2.24) is 48.9 Å². The molecule has 0 saturated carbocycles. The molecule has 2 fully saturated rings. The number of nitrogens with zero attached hydrogens (tertiary/aromatic N) is 10. The Kier molecular flexibility index (Phi) is 11.0. The average molecular weight is 867 g/mol. The molecule has 2 aliphatic rings. The molecule has 3 N–H and O–H groups in total. The number of carbonyl (C=O) groups excluding carboxylic acids is 2. The molecule has 2 amide bonds. The third-order valence-electron chi connectivity index (χ3n) is 12.1. The van der Waals surface area contributed by atoms with Crippen LogP contribution in [-0.2, 0) is 16.1 Å². The van der Waals surface area contributed by atoms with Gasteiger partial charge in [0.25, 0.3) is 0 Å². The number of para-hydroxylation sites is 2. The fourth-order valence-electron chi connectivity index (χ4n) is 8.84. The normalized spacial score (nSPS) is 16.4. The van der Waals surface area contributed by atoms with Crippen molar-refractivity contribution in [2.45, 2.75) is 44.3 Å². The molecule has 2 atom stereocenters. The molecular formula is C49H46N12O4. The number of amides is 2. The standard InChI is InChI=1S/C49H46N12O4/c1-2-40(62)57-25-9-11-34(27-57)61-49-43(45(56-61)33-19-23-39(24-20-33)65-37-15-7-4-8-16-37)47(51)59(31-54-49)29-41(63)58-26-10-12-35(28-58)60-48-42(46(50)52-30-53-48)44(55-60)32-17-21-38(22-18-32)64-36-13-5-3-6-14-36/h2-8,13-24,30-31,34-35,51H,1,9-12,25-29H2,(H2,50,52,53)/t34-,35-/m1/s1. The summed E-state index contributed by atoms with van der Waals surface area (Å²) in [6, 6.07) is 34.0. The van der Waals surface area contributed by atoms with Crippen LogP contribution in [-0.4, -0.2) is 86.9 Å². The van der Waals surface area contributed by atoms with Crippen molar-refractivity contribution in [3.8, 4) is 45.5 Å². The summed E-state index contributed by atoms with van der Waals surface area (Å²) < 4.78 is 17.4. The van der Waals surface area contributed by atoms with Crippen LogP contribution in [0.4, 0.5) is 5.82 Å². The van der Waals surface area contributed by atoms with E-state index in [1.807, 2.05) is 123 Å². The second-order valence-electron chi connectivity index (χ2n) is 16.3. The van der Waals surface area contributed by atoms with Gasteiger partial charge in [0.15, 0.2) is 11.3 Å². The Hall–Kier alpha value is -8.14. The molecule has 0 aliphatic carbocycles. The first kappa shape index (κ1) is 40.9. The number of nitrogen functional groups attached to an aromatic ring is 1. The van der Waals surface area contributed by atoms with Gasteiger partial charge in [-0.2, -0.15) is 10.2 Å². The summed E-state index contributed by atoms with van der Waals surface area (Å²) in [4.78, 5) is 44.4. The number of carbonyl (C=O) groups is 2. The van der Waals surface area contributed by atoms with E-state index >= 15 is 0 Å². The zero-order valence-corrected chi connectivity index (χ0v) is 35.5. The van der Waals surface area contributed by atoms with Gasteiger partial charge in [-0.05, 0) is 105 Å². The van der Waals surface area contributed by atoms with E-state index in [1.165, 1.54) is 12.4 Å². The van der Waals surface area contributed by atoms with Gasteiger partial charge in [-0.1, -0.05) is 43.0 Å². The van der Waals surface area contributed by atoms with E-state index in [1.54, 1.807) is 15.8 Å². The number of hydrogen-bond acceptors (Lipinski definition) is 11. The summed E-state index contributed by atoms with van der Waals surface area (Å²) in [5, 5.41) is 20.9. The van der Waals surface area contributed by atoms with Gasteiger partial charge in [0.05, 0.1) is 29.2 Å². The first-order valence-electron chi connectivity index (χ1n) is 21.7. The highest BCUT2D eigenvalue weighted by atomic mass is 16.5. The highest BCUT2D eigenvalue weighted by molar-refractivity contribution is 5.98. The third kappa shape index (κ3) is 8.17. The van der Waals surface area contributed by atoms with Crippen molar-refractivity contribution in [3.05, 3.63) is 140 Å². The van der Waals surface area contributed by atoms with Gasteiger partial charge in [0.2, 0.25) is 11.8 Å². The van der Waals surface area contributed by atoms with Gasteiger partial charge in [-0.15, -0.1) is 0 Å². The van der Waals surface area contributed by atoms with E-state index in [9.17, 15) is 15.0 Å². The number of nitrogens with one attached hydrogen (secondary N) is 1. The Labute approximate surface area is 373 Å². The number of benzene rings is 4. The van der Waals surface area contributed by atoms with E-state index in [0.29, 0.717) is 82.7 Å². The zero-order chi connectivity index (χ0) is 44.4. The highest BCUT2D eigenvalue weighted by Gasteiger charge is 2.31. The summed E-state index contributed by atoms with van der Waals surface area (Å²) >= 11 is 0. The van der Waals surface area contributed by atoms with Crippen molar-refractivity contribution in [2.24, 2.45) is 0 Å². The molecule has 65 heavy (non-hydrogen) atoms. The van der Waals surface area contributed by atoms with E-state index in [2.05, 4.69) is 16.5 Å². The SMILES string of the molecule is C=CC(=O)N1CCC[C@@H](n2nc(-c3ccc(Oc4ccccc4)cc3)c3c(=N)n(CC(=O)N4CCC[C@@H](n5nc(-c6ccc(Oc7ccccc7)cc6)c6c(N)ncnc65)C4)cnc32)C1. The molecule has 2 saturated heterocycles. The zero-order valence-electron chi connectivity index (χ0n) is 35.5. The Balaban J connectivity index is 0.928. The number of piperidine rings is 2. The number of fused-ring (bicyclic) bond motifs is 2. The lowest BCUT2D eigenvalue weighted by Gasteiger charge is -2.33. The monoisotopic (exact) mass is 866 g/mol. The first-order chi connectivity index (χ1) is 31.8. The van der Waals surface area contributed by atoms with E-state index in [0.717, 1.165) is 42.6 Å². The maximum absolute atomic E-state index is 14.3. The van der Waals surface area contributed by atoms with Crippen LogP contribution in [0.3, 0.4) is 0 Å². The minimum absolute atomic E-state index is 0.104. The average Bonchev–Trinajstić information content (AvgIpc) is 3.94. The fraction of sp³-hybridized carbons (Fsp3) is 0.224. The molecule has 0 radical (unpaired) electrons. The molecule has 10 rings (SSSR count). The largest absolute Gasteiger partial charge is 0.457 e. The number of ether oxygens (including phenoxy) is 2. The predicted molar refractivity (Wildman–Crippen MR) is 245 cm³/mol. The Bertz CT molecular complexity index is 3090. The molecule has 0 bridgehead atoms. The maximum atomic E-state index is 14.3. The maximum Gasteiger partial charge on any atom is 0.246 e. The van der Waals surface area contributed by atoms with Crippen molar-refractivity contribution in [3.63, 3.8) is 0 Å². The Morgan fingerprint density at radius 1 is 0.677 bits per heavy atom. The molecule has 16 heteroatoms. The van der Waals surface area contributed by atoms with Crippen molar-refractivity contribution < 1.29 is 19.1 Å². The van der Waals surface area contributed by atoms with Crippen molar-refractivity contribution in [2.75, 3.05) is 31.9 Å². The number of aromatic nitrogens is 8. The van der Waals surface area contributed by atoms with Crippen LogP contribution in [0.1, 0.15) is 37.8 Å². The van der Waals surface area contributed by atoms with Gasteiger partial charge in [0, 0.05) is 37.3 Å². The summed E-state index contributed by atoms with van der Waals surface area (Å²) in [7, 11) is 0. The van der Waals surface area contributed by atoms with Crippen molar-refractivity contribution >= 4 is 39.7 Å². The fourth-order valence-corrected chi connectivity index (χ4v) is 8.84. The van der Waals surface area contributed by atoms with Gasteiger partial charge in [-0.3, -0.25) is 15.0 Å². The minimum Gasteiger partial charge on any atom is -0.457 e. The topological polar surface area (TPSA) is 188 Å². The van der Waals surface area contributed by atoms with E-state index in [4.69, 9.17) is 30.4 Å². The van der Waals surface area contributed by atoms with Crippen LogP contribution in [0.15, 0.2) is 135 Å². The van der Waals surface area contributed by atoms with Gasteiger partial charge in [-0.25, -0.2) is 24.3 Å². The van der Waals surface area contributed by atoms with E-state index < -0.39 is 0 Å². The van der Waals surface area contributed by atoms with Crippen LogP contribution >= 0.6 is 0 Å². The molecule has 6 heterocycles. The number of nitrogens with two attached hydrogens (primary N) is 1. The molecule has 4 aromatic heterocycles. The summed E-state index contributed by atoms with van der Waals surface area (Å²) in [6.45, 7) is 5.58. The highest BCUT2D eigenvalue weighted by Crippen LogP contribution is 2.36. The van der Waals surface area contributed by atoms with Crippen LogP contribution in [0.25, 0.3) is 44.6 Å². The lowest BCUT2D eigenvalue weighted by atomic mass is 10.1. The molecule has 2 aliphatic heterocycles. The molecule has 0 unspecified atom stereocenters.